The van der Waals surface area contributed by atoms with E-state index in [0.29, 0.717) is 5.57 Å². The first-order valence-corrected chi connectivity index (χ1v) is 14.0. The van der Waals surface area contributed by atoms with Crippen LogP contribution in [0, 0.1) is 18.3 Å². The number of nitrogens with one attached hydrogen (secondary N) is 1. The summed E-state index contributed by atoms with van der Waals surface area (Å²) in [5.41, 5.74) is 6.33. The van der Waals surface area contributed by atoms with Crippen LogP contribution in [0.1, 0.15) is 77.1 Å². The van der Waals surface area contributed by atoms with E-state index < -0.39 is 0 Å². The van der Waals surface area contributed by atoms with Crippen LogP contribution in [0.5, 0.6) is 0 Å². The van der Waals surface area contributed by atoms with Gasteiger partial charge in [-0.3, -0.25) is 0 Å². The van der Waals surface area contributed by atoms with Crippen LogP contribution in [-0.4, -0.2) is 36.1 Å². The van der Waals surface area contributed by atoms with E-state index in [0.717, 1.165) is 74.5 Å². The molecule has 5 heteroatoms. The highest BCUT2D eigenvalue weighted by atomic mass is 15.2. The number of hydrogen-bond donors (Lipinski definition) is 1. The van der Waals surface area contributed by atoms with E-state index in [1.807, 2.05) is 38.1 Å². The molecule has 1 fully saturated rings. The molecule has 1 N–H and O–H groups in total. The molecule has 0 amide bonds. The van der Waals surface area contributed by atoms with Crippen molar-refractivity contribution in [2.24, 2.45) is 0 Å². The minimum Gasteiger partial charge on any atom is -0.353 e. The molecule has 1 aromatic carbocycles. The Morgan fingerprint density at radius 3 is 2.37 bits per heavy atom. The third-order valence-corrected chi connectivity index (χ3v) is 5.89. The second kappa shape index (κ2) is 19.6. The quantitative estimate of drug-likeness (QED) is 0.273. The molecule has 0 bridgehead atoms. The van der Waals surface area contributed by atoms with E-state index in [-0.39, 0.29) is 0 Å². The van der Waals surface area contributed by atoms with Gasteiger partial charge in [-0.05, 0) is 50.0 Å². The summed E-state index contributed by atoms with van der Waals surface area (Å²) in [4.78, 5) is 11.4. The first-order valence-electron chi connectivity index (χ1n) is 14.0. The van der Waals surface area contributed by atoms with Crippen LogP contribution < -0.4 is 10.2 Å². The number of aromatic nitrogens is 2. The zero-order valence-corrected chi connectivity index (χ0v) is 24.4. The Balaban J connectivity index is 0.000000393. The third-order valence-electron chi connectivity index (χ3n) is 5.89. The standard InChI is InChI=1S/C18H22N4.C13H19N.C2H6/c1-3-16(15-7-5-4-6-8-15)17-14(2)20-13-21-18(17)22-11-9-19-10-12-22;1-4-6-7-9-13(11-14)10-12(3)8-5-2;1-2/h3-8,13,19H,9-12H2,1-2H3;7,9-10H,3-6,8H2,1-2H3;1-2H3/b16-3-;9-7-,13-10+;. The Kier molecular flexibility index (Phi) is 16.8. The van der Waals surface area contributed by atoms with Crippen molar-refractivity contribution in [1.29, 1.82) is 5.26 Å². The lowest BCUT2D eigenvalue weighted by Gasteiger charge is -2.30. The summed E-state index contributed by atoms with van der Waals surface area (Å²) in [5.74, 6) is 1.05. The summed E-state index contributed by atoms with van der Waals surface area (Å²) in [6, 6.07) is 12.6. The average Bonchev–Trinajstić information content (AvgIpc) is 2.96. The first kappa shape index (κ1) is 32.5. The van der Waals surface area contributed by atoms with E-state index in [2.05, 4.69) is 90.9 Å². The molecule has 1 aliphatic heterocycles. The molecule has 0 radical (unpaired) electrons. The van der Waals surface area contributed by atoms with E-state index in [1.54, 1.807) is 6.33 Å². The highest BCUT2D eigenvalue weighted by Gasteiger charge is 2.20. The van der Waals surface area contributed by atoms with Gasteiger partial charge in [-0.2, -0.15) is 5.26 Å². The van der Waals surface area contributed by atoms with Gasteiger partial charge in [0.1, 0.15) is 12.1 Å². The second-order valence-corrected chi connectivity index (χ2v) is 8.77. The van der Waals surface area contributed by atoms with Crippen molar-refractivity contribution in [2.45, 2.75) is 67.2 Å². The SMILES string of the molecule is C/C=C(/c1ccccc1)c1c(C)ncnc1N1CCNCC1.C=C(/C=C(C#N)\C=C/CCC)CCC.CC. The summed E-state index contributed by atoms with van der Waals surface area (Å²) in [7, 11) is 0. The maximum absolute atomic E-state index is 8.83. The fourth-order valence-electron chi connectivity index (χ4n) is 4.07. The molecule has 204 valence electrons. The largest absolute Gasteiger partial charge is 0.353 e. The van der Waals surface area contributed by atoms with E-state index in [1.165, 1.54) is 11.1 Å². The number of anilines is 1. The molecule has 1 aliphatic rings. The van der Waals surface area contributed by atoms with Gasteiger partial charge in [0.2, 0.25) is 0 Å². The molecule has 1 aromatic heterocycles. The number of benzene rings is 1. The van der Waals surface area contributed by atoms with Gasteiger partial charge in [0.25, 0.3) is 0 Å². The molecule has 0 unspecified atom stereocenters. The molecule has 5 nitrogen and oxygen atoms in total. The lowest BCUT2D eigenvalue weighted by atomic mass is 9.96. The summed E-state index contributed by atoms with van der Waals surface area (Å²) < 4.78 is 0. The number of nitrogens with zero attached hydrogens (tertiary/aromatic N) is 4. The van der Waals surface area contributed by atoms with Crippen molar-refractivity contribution in [3.05, 3.63) is 95.5 Å². The van der Waals surface area contributed by atoms with Gasteiger partial charge < -0.3 is 10.2 Å². The van der Waals surface area contributed by atoms with Crippen molar-refractivity contribution in [3.8, 4) is 6.07 Å². The zero-order valence-electron chi connectivity index (χ0n) is 24.4. The second-order valence-electron chi connectivity index (χ2n) is 8.77. The third kappa shape index (κ3) is 10.9. The predicted octanol–water partition coefficient (Wildman–Crippen LogP) is 7.82. The van der Waals surface area contributed by atoms with E-state index in [4.69, 9.17) is 5.26 Å². The van der Waals surface area contributed by atoms with Crippen LogP contribution >= 0.6 is 0 Å². The van der Waals surface area contributed by atoms with Crippen molar-refractivity contribution in [3.63, 3.8) is 0 Å². The summed E-state index contributed by atoms with van der Waals surface area (Å²) in [6.45, 7) is 20.2. The number of unbranched alkanes of at least 4 members (excludes halogenated alkanes) is 1. The molecule has 1 saturated heterocycles. The lowest BCUT2D eigenvalue weighted by molar-refractivity contribution is 0.584. The summed E-state index contributed by atoms with van der Waals surface area (Å²) >= 11 is 0. The Morgan fingerprint density at radius 2 is 1.79 bits per heavy atom. The Labute approximate surface area is 231 Å². The van der Waals surface area contributed by atoms with Crippen LogP contribution in [0.15, 0.2) is 78.7 Å². The van der Waals surface area contributed by atoms with Crippen LogP contribution in [0.2, 0.25) is 0 Å². The molecule has 0 saturated carbocycles. The number of hydrogen-bond acceptors (Lipinski definition) is 5. The maximum atomic E-state index is 8.83. The molecule has 3 rings (SSSR count). The zero-order chi connectivity index (χ0) is 28.2. The van der Waals surface area contributed by atoms with E-state index in [9.17, 15) is 0 Å². The number of aryl methyl sites for hydroxylation is 1. The predicted molar refractivity (Wildman–Crippen MR) is 164 cm³/mol. The van der Waals surface area contributed by atoms with Crippen molar-refractivity contribution in [1.82, 2.24) is 15.3 Å². The van der Waals surface area contributed by atoms with E-state index >= 15 is 0 Å². The van der Waals surface area contributed by atoms with Gasteiger partial charge in [0.05, 0.1) is 17.3 Å². The smallest absolute Gasteiger partial charge is 0.140 e. The molecule has 2 heterocycles. The van der Waals surface area contributed by atoms with Crippen LogP contribution in [0.25, 0.3) is 5.57 Å². The minimum atomic E-state index is 0.705. The highest BCUT2D eigenvalue weighted by Crippen LogP contribution is 2.32. The number of rotatable bonds is 9. The number of nitriles is 1. The van der Waals surface area contributed by atoms with Gasteiger partial charge in [-0.25, -0.2) is 9.97 Å². The van der Waals surface area contributed by atoms with Crippen LogP contribution in [0.4, 0.5) is 5.82 Å². The molecule has 2 aromatic rings. The fourth-order valence-corrected chi connectivity index (χ4v) is 4.07. The van der Waals surface area contributed by atoms with Gasteiger partial charge in [0, 0.05) is 31.7 Å². The van der Waals surface area contributed by atoms with Crippen LogP contribution in [-0.2, 0) is 0 Å². The highest BCUT2D eigenvalue weighted by molar-refractivity contribution is 5.86. The maximum Gasteiger partial charge on any atom is 0.140 e. The van der Waals surface area contributed by atoms with Crippen molar-refractivity contribution >= 4 is 11.4 Å². The van der Waals surface area contributed by atoms with Crippen molar-refractivity contribution in [2.75, 3.05) is 31.1 Å². The van der Waals surface area contributed by atoms with Gasteiger partial charge in [0.15, 0.2) is 0 Å². The van der Waals surface area contributed by atoms with Gasteiger partial charge >= 0.3 is 0 Å². The Morgan fingerprint density at radius 1 is 1.11 bits per heavy atom. The first-order chi connectivity index (χ1) is 18.5. The Bertz CT molecular complexity index is 1080. The summed E-state index contributed by atoms with van der Waals surface area (Å²) in [6.07, 6.45) is 13.8. The Hall–Kier alpha value is -3.49. The minimum absolute atomic E-state index is 0.705. The summed E-state index contributed by atoms with van der Waals surface area (Å²) in [5, 5.41) is 12.2. The molecular formula is C33H47N5. The normalized spacial score (nSPS) is 13.7. The molecule has 0 aliphatic carbocycles. The molecule has 0 spiro atoms. The average molecular weight is 514 g/mol. The monoisotopic (exact) mass is 513 g/mol. The van der Waals surface area contributed by atoms with Gasteiger partial charge in [-0.15, -0.1) is 0 Å². The lowest BCUT2D eigenvalue weighted by Crippen LogP contribution is -2.44. The number of allylic oxidation sites excluding steroid dienone is 6. The molecule has 38 heavy (non-hydrogen) atoms. The topological polar surface area (TPSA) is 64.8 Å². The molecule has 0 atom stereocenters. The van der Waals surface area contributed by atoms with Crippen molar-refractivity contribution < 1.29 is 0 Å². The number of piperazine rings is 1. The fraction of sp³-hybridized carbons (Fsp3) is 0.424. The van der Waals surface area contributed by atoms with Crippen LogP contribution in [0.3, 0.4) is 0 Å². The molecular weight excluding hydrogens is 466 g/mol. The van der Waals surface area contributed by atoms with Gasteiger partial charge in [-0.1, -0.05) is 95.2 Å².